The Bertz CT molecular complexity index is 451. The van der Waals surface area contributed by atoms with E-state index in [-0.39, 0.29) is 5.78 Å². The molecule has 94 valence electrons. The van der Waals surface area contributed by atoms with Crippen molar-refractivity contribution < 1.29 is 4.79 Å². The molecule has 0 saturated carbocycles. The smallest absolute Gasteiger partial charge is 0.182 e. The average Bonchev–Trinajstić information content (AvgIpc) is 2.50. The minimum Gasteiger partial charge on any atom is -0.345 e. The van der Waals surface area contributed by atoms with Crippen LogP contribution in [0.4, 0.5) is 0 Å². The van der Waals surface area contributed by atoms with Gasteiger partial charge >= 0.3 is 0 Å². The molecule has 1 aromatic heterocycles. The molecule has 0 fully saturated rings. The summed E-state index contributed by atoms with van der Waals surface area (Å²) in [5.74, 6) is 0.00298. The Hall–Kier alpha value is -1.02. The average molecular weight is 254 g/mol. The van der Waals surface area contributed by atoms with Gasteiger partial charge in [0.05, 0.1) is 5.38 Å². The summed E-state index contributed by atoms with van der Waals surface area (Å²) < 4.78 is 2.14. The second-order valence-electron chi connectivity index (χ2n) is 4.66. The van der Waals surface area contributed by atoms with E-state index < -0.39 is 5.38 Å². The molecule has 1 rings (SSSR count). The Balaban J connectivity index is 3.10. The molecular formula is C14H20ClNO. The molecule has 1 aromatic rings. The molecule has 0 saturated heterocycles. The van der Waals surface area contributed by atoms with Gasteiger partial charge in [0.15, 0.2) is 5.78 Å². The molecule has 2 nitrogen and oxygen atoms in total. The topological polar surface area (TPSA) is 22.0 Å². The summed E-state index contributed by atoms with van der Waals surface area (Å²) in [6.45, 7) is 10.7. The number of aryl methyl sites for hydroxylation is 1. The van der Waals surface area contributed by atoms with Crippen molar-refractivity contribution in [1.29, 1.82) is 0 Å². The molecule has 1 unspecified atom stereocenters. The van der Waals surface area contributed by atoms with E-state index >= 15 is 0 Å². The lowest BCUT2D eigenvalue weighted by Gasteiger charge is -2.07. The Morgan fingerprint density at radius 3 is 2.53 bits per heavy atom. The highest BCUT2D eigenvalue weighted by molar-refractivity contribution is 6.33. The summed E-state index contributed by atoms with van der Waals surface area (Å²) in [7, 11) is 0. The number of Topliss-reactive ketones (excluding diaryl/α,β-unsaturated/α-hetero) is 1. The molecule has 1 atom stereocenters. The minimum atomic E-state index is -0.465. The van der Waals surface area contributed by atoms with Gasteiger partial charge < -0.3 is 4.57 Å². The maximum absolute atomic E-state index is 11.9. The van der Waals surface area contributed by atoms with E-state index in [4.69, 9.17) is 11.6 Å². The standard InChI is InChI=1S/C14H20ClNO/c1-9(2)6-7-16-10(3)8-13(12(16)5)14(17)11(4)15/h6,8,11H,7H2,1-5H3. The van der Waals surface area contributed by atoms with Gasteiger partial charge in [-0.15, -0.1) is 11.6 Å². The fraction of sp³-hybridized carbons (Fsp3) is 0.500. The van der Waals surface area contributed by atoms with Crippen LogP contribution in [0.5, 0.6) is 0 Å². The number of ketones is 1. The number of halogens is 1. The molecule has 0 aliphatic rings. The number of alkyl halides is 1. The lowest BCUT2D eigenvalue weighted by atomic mass is 10.1. The lowest BCUT2D eigenvalue weighted by molar-refractivity contribution is 0.0991. The fourth-order valence-corrected chi connectivity index (χ4v) is 1.94. The molecule has 0 amide bonds. The molecule has 0 bridgehead atoms. The second-order valence-corrected chi connectivity index (χ2v) is 5.31. The number of rotatable bonds is 4. The van der Waals surface area contributed by atoms with E-state index in [1.807, 2.05) is 19.9 Å². The third kappa shape index (κ3) is 3.22. The SMILES string of the molecule is CC(C)=CCn1c(C)cc(C(=O)C(C)Cl)c1C. The van der Waals surface area contributed by atoms with Gasteiger partial charge in [0.25, 0.3) is 0 Å². The van der Waals surface area contributed by atoms with Crippen LogP contribution in [0.25, 0.3) is 0 Å². The molecule has 1 heterocycles. The quantitative estimate of drug-likeness (QED) is 0.453. The molecule has 17 heavy (non-hydrogen) atoms. The van der Waals surface area contributed by atoms with E-state index in [1.54, 1.807) is 6.92 Å². The van der Waals surface area contributed by atoms with E-state index in [0.717, 1.165) is 23.5 Å². The first kappa shape index (κ1) is 14.0. The predicted octanol–water partition coefficient (Wildman–Crippen LogP) is 3.88. The Kier molecular flexibility index (Phi) is 4.58. The minimum absolute atomic E-state index is 0.00298. The van der Waals surface area contributed by atoms with Gasteiger partial charge in [0.2, 0.25) is 0 Å². The highest BCUT2D eigenvalue weighted by Crippen LogP contribution is 2.18. The van der Waals surface area contributed by atoms with Crippen molar-refractivity contribution in [3.05, 3.63) is 34.7 Å². The number of hydrogen-bond acceptors (Lipinski definition) is 1. The first-order valence-electron chi connectivity index (χ1n) is 5.83. The van der Waals surface area contributed by atoms with Crippen LogP contribution < -0.4 is 0 Å². The van der Waals surface area contributed by atoms with E-state index in [2.05, 4.69) is 24.5 Å². The zero-order valence-corrected chi connectivity index (χ0v) is 11.9. The molecular weight excluding hydrogens is 234 g/mol. The second kappa shape index (κ2) is 5.54. The molecule has 0 aliphatic heterocycles. The van der Waals surface area contributed by atoms with Crippen molar-refractivity contribution in [2.24, 2.45) is 0 Å². The number of aromatic nitrogens is 1. The van der Waals surface area contributed by atoms with Crippen LogP contribution in [0.3, 0.4) is 0 Å². The summed E-state index contributed by atoms with van der Waals surface area (Å²) in [4.78, 5) is 11.9. The third-order valence-corrected chi connectivity index (χ3v) is 3.08. The van der Waals surface area contributed by atoms with Gasteiger partial charge in [-0.2, -0.15) is 0 Å². The van der Waals surface area contributed by atoms with E-state index in [1.165, 1.54) is 5.57 Å². The summed E-state index contributed by atoms with van der Waals surface area (Å²) in [6.07, 6.45) is 2.15. The maximum Gasteiger partial charge on any atom is 0.182 e. The van der Waals surface area contributed by atoms with Gasteiger partial charge in [-0.3, -0.25) is 4.79 Å². The molecule has 3 heteroatoms. The van der Waals surface area contributed by atoms with Crippen LogP contribution in [0.2, 0.25) is 0 Å². The zero-order valence-electron chi connectivity index (χ0n) is 11.2. The highest BCUT2D eigenvalue weighted by Gasteiger charge is 2.18. The van der Waals surface area contributed by atoms with Crippen LogP contribution in [0, 0.1) is 13.8 Å². The fourth-order valence-electron chi connectivity index (χ4n) is 1.82. The Labute approximate surface area is 108 Å². The summed E-state index contributed by atoms with van der Waals surface area (Å²) >= 11 is 5.85. The summed E-state index contributed by atoms with van der Waals surface area (Å²) in [5.41, 5.74) is 4.11. The predicted molar refractivity (Wildman–Crippen MR) is 73.0 cm³/mol. The van der Waals surface area contributed by atoms with Crippen LogP contribution in [-0.4, -0.2) is 15.7 Å². The van der Waals surface area contributed by atoms with E-state index in [0.29, 0.717) is 0 Å². The Morgan fingerprint density at radius 1 is 1.47 bits per heavy atom. The first-order chi connectivity index (χ1) is 7.84. The van der Waals surface area contributed by atoms with Crippen LogP contribution in [-0.2, 0) is 6.54 Å². The number of carbonyl (C=O) groups excluding carboxylic acids is 1. The lowest BCUT2D eigenvalue weighted by Crippen LogP contribution is -2.12. The van der Waals surface area contributed by atoms with Crippen molar-refractivity contribution in [2.45, 2.75) is 46.5 Å². The number of allylic oxidation sites excluding steroid dienone is 2. The van der Waals surface area contributed by atoms with Crippen LogP contribution in [0.15, 0.2) is 17.7 Å². The van der Waals surface area contributed by atoms with Crippen molar-refractivity contribution in [3.63, 3.8) is 0 Å². The van der Waals surface area contributed by atoms with Crippen molar-refractivity contribution in [2.75, 3.05) is 0 Å². The molecule has 0 aromatic carbocycles. The number of carbonyl (C=O) groups is 1. The van der Waals surface area contributed by atoms with Gasteiger partial charge in [-0.25, -0.2) is 0 Å². The monoisotopic (exact) mass is 253 g/mol. The van der Waals surface area contributed by atoms with E-state index in [9.17, 15) is 4.79 Å². The molecule has 0 N–H and O–H groups in total. The van der Waals surface area contributed by atoms with Crippen molar-refractivity contribution >= 4 is 17.4 Å². The number of hydrogen-bond donors (Lipinski definition) is 0. The first-order valence-corrected chi connectivity index (χ1v) is 6.26. The zero-order chi connectivity index (χ0) is 13.2. The summed E-state index contributed by atoms with van der Waals surface area (Å²) in [6, 6.07) is 1.93. The van der Waals surface area contributed by atoms with Gasteiger partial charge in [-0.1, -0.05) is 11.6 Å². The van der Waals surface area contributed by atoms with Crippen molar-refractivity contribution in [3.8, 4) is 0 Å². The van der Waals surface area contributed by atoms with Gasteiger partial charge in [0, 0.05) is 23.5 Å². The molecule has 0 radical (unpaired) electrons. The third-order valence-electron chi connectivity index (χ3n) is 2.88. The number of nitrogens with zero attached hydrogens (tertiary/aromatic N) is 1. The highest BCUT2D eigenvalue weighted by atomic mass is 35.5. The van der Waals surface area contributed by atoms with Crippen LogP contribution in [0.1, 0.15) is 42.5 Å². The largest absolute Gasteiger partial charge is 0.345 e. The summed E-state index contributed by atoms with van der Waals surface area (Å²) in [5, 5.41) is -0.465. The Morgan fingerprint density at radius 2 is 2.06 bits per heavy atom. The van der Waals surface area contributed by atoms with Crippen LogP contribution >= 0.6 is 11.6 Å². The molecule has 0 aliphatic carbocycles. The van der Waals surface area contributed by atoms with Crippen molar-refractivity contribution in [1.82, 2.24) is 4.57 Å². The molecule has 0 spiro atoms. The van der Waals surface area contributed by atoms with Gasteiger partial charge in [0.1, 0.15) is 0 Å². The van der Waals surface area contributed by atoms with Gasteiger partial charge in [-0.05, 0) is 40.7 Å². The maximum atomic E-state index is 11.9. The normalized spacial score (nSPS) is 12.4.